The van der Waals surface area contributed by atoms with E-state index in [0.29, 0.717) is 26.4 Å². The minimum atomic E-state index is 0.0717. The molecule has 0 fully saturated rings. The number of ether oxygens (including phenoxy) is 4. The van der Waals surface area contributed by atoms with Crippen molar-refractivity contribution in [2.24, 2.45) is 5.73 Å². The van der Waals surface area contributed by atoms with Gasteiger partial charge in [-0.25, -0.2) is 0 Å². The van der Waals surface area contributed by atoms with Crippen LogP contribution in [0.25, 0.3) is 0 Å². The molecule has 2 N–H and O–H groups in total. The molecule has 0 amide bonds. The zero-order valence-corrected chi connectivity index (χ0v) is 12.6. The average molecular weight is 283 g/mol. The molecule has 5 nitrogen and oxygen atoms in total. The molecule has 1 aromatic rings. The van der Waals surface area contributed by atoms with Crippen LogP contribution < -0.4 is 15.2 Å². The molecule has 0 aliphatic rings. The first-order valence-corrected chi connectivity index (χ1v) is 6.80. The molecule has 0 bridgehead atoms. The summed E-state index contributed by atoms with van der Waals surface area (Å²) in [6.07, 6.45) is 0.747. The molecule has 0 heterocycles. The van der Waals surface area contributed by atoms with E-state index >= 15 is 0 Å². The lowest BCUT2D eigenvalue weighted by atomic mass is 10.1. The predicted molar refractivity (Wildman–Crippen MR) is 78.5 cm³/mol. The van der Waals surface area contributed by atoms with Gasteiger partial charge in [0.25, 0.3) is 0 Å². The second-order valence-electron chi connectivity index (χ2n) is 4.58. The fourth-order valence-electron chi connectivity index (χ4n) is 1.84. The topological polar surface area (TPSA) is 62.9 Å². The van der Waals surface area contributed by atoms with E-state index in [1.165, 1.54) is 0 Å². The number of para-hydroxylation sites is 1. The van der Waals surface area contributed by atoms with Crippen LogP contribution in [-0.4, -0.2) is 46.7 Å². The van der Waals surface area contributed by atoms with Gasteiger partial charge >= 0.3 is 0 Å². The summed E-state index contributed by atoms with van der Waals surface area (Å²) in [6.45, 7) is 4.11. The van der Waals surface area contributed by atoms with Crippen LogP contribution in [0.15, 0.2) is 18.2 Å². The van der Waals surface area contributed by atoms with E-state index < -0.39 is 0 Å². The third-order valence-corrected chi connectivity index (χ3v) is 2.73. The Labute approximate surface area is 121 Å². The lowest BCUT2D eigenvalue weighted by Gasteiger charge is -2.16. The van der Waals surface area contributed by atoms with E-state index in [1.54, 1.807) is 14.2 Å². The van der Waals surface area contributed by atoms with Gasteiger partial charge in [0.15, 0.2) is 11.5 Å². The molecule has 1 aromatic carbocycles. The Morgan fingerprint density at radius 2 is 1.85 bits per heavy atom. The van der Waals surface area contributed by atoms with Gasteiger partial charge in [-0.3, -0.25) is 0 Å². The number of hydrogen-bond donors (Lipinski definition) is 1. The van der Waals surface area contributed by atoms with Gasteiger partial charge in [0, 0.05) is 13.2 Å². The van der Waals surface area contributed by atoms with Gasteiger partial charge in [0.1, 0.15) is 6.61 Å². The summed E-state index contributed by atoms with van der Waals surface area (Å²) >= 11 is 0. The molecular formula is C15H25NO4. The van der Waals surface area contributed by atoms with Crippen molar-refractivity contribution in [3.63, 3.8) is 0 Å². The first kappa shape index (κ1) is 16.8. The van der Waals surface area contributed by atoms with Crippen LogP contribution in [0.4, 0.5) is 0 Å². The highest BCUT2D eigenvalue weighted by atomic mass is 16.5. The zero-order chi connectivity index (χ0) is 14.8. The van der Waals surface area contributed by atoms with Crippen molar-refractivity contribution in [1.29, 1.82) is 0 Å². The summed E-state index contributed by atoms with van der Waals surface area (Å²) in [7, 11) is 3.28. The highest BCUT2D eigenvalue weighted by Gasteiger charge is 2.11. The standard InChI is InChI=1S/C15H25NO4/c1-12(16)11-13-5-4-6-14(18-3)15(13)20-10-9-19-8-7-17-2/h4-6,12H,7-11,16H2,1-3H3. The monoisotopic (exact) mass is 283 g/mol. The molecule has 20 heavy (non-hydrogen) atoms. The Morgan fingerprint density at radius 3 is 2.50 bits per heavy atom. The van der Waals surface area contributed by atoms with Crippen LogP contribution in [0, 0.1) is 0 Å². The van der Waals surface area contributed by atoms with Crippen molar-refractivity contribution >= 4 is 0 Å². The third-order valence-electron chi connectivity index (χ3n) is 2.73. The number of rotatable bonds is 10. The van der Waals surface area contributed by atoms with E-state index in [0.717, 1.165) is 23.5 Å². The van der Waals surface area contributed by atoms with Gasteiger partial charge in [0.2, 0.25) is 0 Å². The molecule has 0 aliphatic carbocycles. The highest BCUT2D eigenvalue weighted by molar-refractivity contribution is 5.47. The average Bonchev–Trinajstić information content (AvgIpc) is 2.43. The van der Waals surface area contributed by atoms with Gasteiger partial charge in [-0.05, 0) is 25.0 Å². The predicted octanol–water partition coefficient (Wildman–Crippen LogP) is 1.63. The van der Waals surface area contributed by atoms with Gasteiger partial charge in [-0.15, -0.1) is 0 Å². The Morgan fingerprint density at radius 1 is 1.10 bits per heavy atom. The van der Waals surface area contributed by atoms with Crippen LogP contribution in [0.2, 0.25) is 0 Å². The Kier molecular flexibility index (Phi) is 8.02. The Hall–Kier alpha value is -1.30. The fraction of sp³-hybridized carbons (Fsp3) is 0.600. The van der Waals surface area contributed by atoms with Gasteiger partial charge < -0.3 is 24.7 Å². The Balaban J connectivity index is 2.56. The molecule has 0 saturated carbocycles. The summed E-state index contributed by atoms with van der Waals surface area (Å²) in [5, 5.41) is 0. The van der Waals surface area contributed by atoms with E-state index in [2.05, 4.69) is 0 Å². The normalized spacial score (nSPS) is 12.2. The quantitative estimate of drug-likeness (QED) is 0.661. The van der Waals surface area contributed by atoms with Crippen molar-refractivity contribution in [1.82, 2.24) is 0 Å². The van der Waals surface area contributed by atoms with Gasteiger partial charge in [-0.1, -0.05) is 12.1 Å². The van der Waals surface area contributed by atoms with Crippen molar-refractivity contribution in [3.05, 3.63) is 23.8 Å². The van der Waals surface area contributed by atoms with Crippen LogP contribution in [0.5, 0.6) is 11.5 Å². The van der Waals surface area contributed by atoms with Gasteiger partial charge in [0.05, 0.1) is 26.9 Å². The maximum Gasteiger partial charge on any atom is 0.164 e. The summed E-state index contributed by atoms with van der Waals surface area (Å²) in [5.41, 5.74) is 6.91. The Bertz CT molecular complexity index is 382. The van der Waals surface area contributed by atoms with E-state index in [4.69, 9.17) is 24.7 Å². The molecule has 5 heteroatoms. The third kappa shape index (κ3) is 5.77. The fourth-order valence-corrected chi connectivity index (χ4v) is 1.84. The summed E-state index contributed by atoms with van der Waals surface area (Å²) in [6, 6.07) is 5.90. The lowest BCUT2D eigenvalue weighted by Crippen LogP contribution is -2.19. The molecule has 0 saturated heterocycles. The largest absolute Gasteiger partial charge is 0.493 e. The van der Waals surface area contributed by atoms with Crippen molar-refractivity contribution in [2.75, 3.05) is 40.6 Å². The van der Waals surface area contributed by atoms with Gasteiger partial charge in [-0.2, -0.15) is 0 Å². The molecule has 1 rings (SSSR count). The zero-order valence-electron chi connectivity index (χ0n) is 12.6. The number of hydrogen-bond acceptors (Lipinski definition) is 5. The molecular weight excluding hydrogens is 258 g/mol. The molecule has 0 radical (unpaired) electrons. The van der Waals surface area contributed by atoms with Crippen molar-refractivity contribution in [3.8, 4) is 11.5 Å². The second kappa shape index (κ2) is 9.58. The van der Waals surface area contributed by atoms with Crippen LogP contribution in [0.3, 0.4) is 0 Å². The van der Waals surface area contributed by atoms with E-state index in [-0.39, 0.29) is 6.04 Å². The number of benzene rings is 1. The molecule has 114 valence electrons. The van der Waals surface area contributed by atoms with Crippen molar-refractivity contribution < 1.29 is 18.9 Å². The lowest BCUT2D eigenvalue weighted by molar-refractivity contribution is 0.0538. The molecule has 1 atom stereocenters. The van der Waals surface area contributed by atoms with E-state index in [1.807, 2.05) is 25.1 Å². The van der Waals surface area contributed by atoms with Crippen LogP contribution in [-0.2, 0) is 15.9 Å². The number of nitrogens with two attached hydrogens (primary N) is 1. The molecule has 1 unspecified atom stereocenters. The smallest absolute Gasteiger partial charge is 0.164 e. The summed E-state index contributed by atoms with van der Waals surface area (Å²) in [5.74, 6) is 1.47. The molecule has 0 aliphatic heterocycles. The SMILES string of the molecule is COCCOCCOc1c(CC(C)N)cccc1OC. The van der Waals surface area contributed by atoms with Crippen LogP contribution >= 0.6 is 0 Å². The minimum Gasteiger partial charge on any atom is -0.493 e. The maximum absolute atomic E-state index is 5.86. The first-order valence-electron chi connectivity index (χ1n) is 6.80. The van der Waals surface area contributed by atoms with Crippen LogP contribution in [0.1, 0.15) is 12.5 Å². The van der Waals surface area contributed by atoms with Crippen molar-refractivity contribution in [2.45, 2.75) is 19.4 Å². The maximum atomic E-state index is 5.86. The summed E-state index contributed by atoms with van der Waals surface area (Å²) < 4.78 is 21.4. The minimum absolute atomic E-state index is 0.0717. The first-order chi connectivity index (χ1) is 9.69. The highest BCUT2D eigenvalue weighted by Crippen LogP contribution is 2.31. The molecule has 0 aromatic heterocycles. The van der Waals surface area contributed by atoms with E-state index in [9.17, 15) is 0 Å². The number of methoxy groups -OCH3 is 2. The second-order valence-corrected chi connectivity index (χ2v) is 4.58. The summed E-state index contributed by atoms with van der Waals surface area (Å²) in [4.78, 5) is 0. The molecule has 0 spiro atoms.